The van der Waals surface area contributed by atoms with Gasteiger partial charge in [0, 0.05) is 18.8 Å². The minimum atomic E-state index is -4.75. The Morgan fingerprint density at radius 1 is 1.06 bits per heavy atom. The Morgan fingerprint density at radius 3 is 2.41 bits per heavy atom. The third-order valence-corrected chi connectivity index (χ3v) is 7.41. The fourth-order valence-electron chi connectivity index (χ4n) is 4.59. The summed E-state index contributed by atoms with van der Waals surface area (Å²) in [6.07, 6.45) is -2.09. The number of allylic oxidation sites excluding steroid dienone is 1. The number of fused-ring (bicyclic) bond motifs is 1. The number of para-hydroxylation sites is 1. The molecular weight excluding hydrogens is 461 g/mol. The molecule has 1 fully saturated rings. The molecule has 3 heterocycles. The summed E-state index contributed by atoms with van der Waals surface area (Å²) in [6, 6.07) is 17.4. The van der Waals surface area contributed by atoms with Gasteiger partial charge in [-0.3, -0.25) is 4.79 Å². The fourth-order valence-corrected chi connectivity index (χ4v) is 5.50. The number of halogens is 3. The molecule has 2 aromatic carbocycles. The van der Waals surface area contributed by atoms with Gasteiger partial charge in [-0.1, -0.05) is 53.8 Å². The standard InChI is InChI=1S/C25H23F3N4OS/c1-16(31-13-11-18(12-14-31)15-17-7-3-2-4-8-17)21-22(25(26,27)28)30-32(23(21)33)24-29-19-9-5-6-10-20(19)34-24/h2-10,18H,11-15H2,1H3/b21-16+. The van der Waals surface area contributed by atoms with E-state index >= 15 is 0 Å². The van der Waals surface area contributed by atoms with Crippen molar-refractivity contribution in [3.05, 3.63) is 71.4 Å². The molecule has 0 radical (unpaired) electrons. The van der Waals surface area contributed by atoms with Crippen LogP contribution < -0.4 is 5.01 Å². The van der Waals surface area contributed by atoms with Crippen LogP contribution in [0.25, 0.3) is 10.2 Å². The molecule has 176 valence electrons. The first-order valence-corrected chi connectivity index (χ1v) is 12.0. The first kappa shape index (κ1) is 22.6. The number of piperidine rings is 1. The number of alkyl halides is 3. The van der Waals surface area contributed by atoms with Crippen LogP contribution in [0.4, 0.5) is 18.3 Å². The van der Waals surface area contributed by atoms with E-state index in [1.807, 2.05) is 35.2 Å². The number of likely N-dealkylation sites (tertiary alicyclic amines) is 1. The smallest absolute Gasteiger partial charge is 0.374 e. The first-order chi connectivity index (χ1) is 16.3. The van der Waals surface area contributed by atoms with Crippen molar-refractivity contribution in [1.29, 1.82) is 0 Å². The number of hydrogen-bond donors (Lipinski definition) is 0. The summed E-state index contributed by atoms with van der Waals surface area (Å²) in [6.45, 7) is 2.80. The quantitative estimate of drug-likeness (QED) is 0.441. The molecule has 5 rings (SSSR count). The third kappa shape index (κ3) is 4.32. The van der Waals surface area contributed by atoms with Gasteiger partial charge in [0.05, 0.1) is 15.8 Å². The van der Waals surface area contributed by atoms with E-state index in [9.17, 15) is 18.0 Å². The number of aromatic nitrogens is 1. The Labute approximate surface area is 199 Å². The Bertz CT molecular complexity index is 1240. The zero-order valence-electron chi connectivity index (χ0n) is 18.5. The Kier molecular flexibility index (Phi) is 5.89. The Morgan fingerprint density at radius 2 is 1.74 bits per heavy atom. The molecular formula is C25H23F3N4OS. The first-order valence-electron chi connectivity index (χ1n) is 11.2. The number of nitrogens with zero attached hydrogens (tertiary/aromatic N) is 4. The average molecular weight is 485 g/mol. The van der Waals surface area contributed by atoms with E-state index in [-0.39, 0.29) is 10.7 Å². The molecule has 34 heavy (non-hydrogen) atoms. The highest BCUT2D eigenvalue weighted by Gasteiger charge is 2.49. The van der Waals surface area contributed by atoms with Gasteiger partial charge in [0.15, 0.2) is 5.71 Å². The number of carbonyl (C=O) groups excluding carboxylic acids is 1. The molecule has 2 aliphatic heterocycles. The van der Waals surface area contributed by atoms with Crippen molar-refractivity contribution in [2.24, 2.45) is 11.0 Å². The highest BCUT2D eigenvalue weighted by Crippen LogP contribution is 2.37. The minimum Gasteiger partial charge on any atom is -0.374 e. The molecule has 0 saturated carbocycles. The van der Waals surface area contributed by atoms with Crippen LogP contribution in [0.3, 0.4) is 0 Å². The van der Waals surface area contributed by atoms with Gasteiger partial charge < -0.3 is 4.90 Å². The summed E-state index contributed by atoms with van der Waals surface area (Å²) in [5.41, 5.74) is 0.672. The number of carbonyl (C=O) groups is 1. The monoisotopic (exact) mass is 484 g/mol. The highest BCUT2D eigenvalue weighted by molar-refractivity contribution is 7.22. The molecule has 9 heteroatoms. The maximum atomic E-state index is 13.9. The van der Waals surface area contributed by atoms with Gasteiger partial charge in [-0.15, -0.1) is 0 Å². The molecule has 0 unspecified atom stereocenters. The Hall–Kier alpha value is -3.20. The second kappa shape index (κ2) is 8.87. The number of hydrazone groups is 1. The van der Waals surface area contributed by atoms with E-state index < -0.39 is 17.8 Å². The molecule has 1 saturated heterocycles. The molecule has 0 spiro atoms. The van der Waals surface area contributed by atoms with Crippen molar-refractivity contribution in [3.8, 4) is 0 Å². The average Bonchev–Trinajstić information content (AvgIpc) is 3.40. The lowest BCUT2D eigenvalue weighted by Crippen LogP contribution is -2.36. The van der Waals surface area contributed by atoms with Crippen LogP contribution in [0, 0.1) is 5.92 Å². The van der Waals surface area contributed by atoms with Crippen molar-refractivity contribution in [2.45, 2.75) is 32.4 Å². The van der Waals surface area contributed by atoms with Gasteiger partial charge >= 0.3 is 6.18 Å². The summed E-state index contributed by atoms with van der Waals surface area (Å²) in [7, 11) is 0. The number of benzene rings is 2. The number of anilines is 1. The van der Waals surface area contributed by atoms with Crippen LogP contribution in [-0.2, 0) is 11.2 Å². The van der Waals surface area contributed by atoms with Crippen LogP contribution in [0.1, 0.15) is 25.3 Å². The largest absolute Gasteiger partial charge is 0.436 e. The van der Waals surface area contributed by atoms with E-state index in [1.165, 1.54) is 5.56 Å². The van der Waals surface area contributed by atoms with Crippen molar-refractivity contribution in [3.63, 3.8) is 0 Å². The van der Waals surface area contributed by atoms with Crippen molar-refractivity contribution in [1.82, 2.24) is 9.88 Å². The van der Waals surface area contributed by atoms with Gasteiger partial charge in [-0.05, 0) is 49.8 Å². The SMILES string of the molecule is C/C(=C1\C(=O)N(c2nc3ccccc3s2)N=C1C(F)(F)F)N1CCC(Cc2ccccc2)CC1. The minimum absolute atomic E-state index is 0.136. The summed E-state index contributed by atoms with van der Waals surface area (Å²) >= 11 is 1.14. The fraction of sp³-hybridized carbons (Fsp3) is 0.320. The summed E-state index contributed by atoms with van der Waals surface area (Å²) in [4.78, 5) is 19.4. The van der Waals surface area contributed by atoms with E-state index in [0.717, 1.165) is 40.3 Å². The number of amides is 1. The molecule has 0 bridgehead atoms. The lowest BCUT2D eigenvalue weighted by Gasteiger charge is -2.35. The highest BCUT2D eigenvalue weighted by atomic mass is 32.1. The van der Waals surface area contributed by atoms with Gasteiger partial charge in [0.25, 0.3) is 5.91 Å². The zero-order valence-corrected chi connectivity index (χ0v) is 19.4. The normalized spacial score (nSPS) is 19.2. The molecule has 0 N–H and O–H groups in total. The summed E-state index contributed by atoms with van der Waals surface area (Å²) < 4.78 is 42.6. The number of thiazole rings is 1. The summed E-state index contributed by atoms with van der Waals surface area (Å²) in [5.74, 6) is -0.318. The van der Waals surface area contributed by atoms with E-state index in [4.69, 9.17) is 0 Å². The van der Waals surface area contributed by atoms with Crippen molar-refractivity contribution >= 4 is 38.3 Å². The molecule has 5 nitrogen and oxygen atoms in total. The van der Waals surface area contributed by atoms with Gasteiger partial charge in [-0.2, -0.15) is 23.3 Å². The molecule has 2 aliphatic rings. The van der Waals surface area contributed by atoms with E-state index in [0.29, 0.717) is 30.2 Å². The predicted octanol–water partition coefficient (Wildman–Crippen LogP) is 5.79. The number of rotatable bonds is 4. The molecule has 1 aromatic heterocycles. The lowest BCUT2D eigenvalue weighted by molar-refractivity contribution is -0.114. The summed E-state index contributed by atoms with van der Waals surface area (Å²) in [5, 5.41) is 4.65. The van der Waals surface area contributed by atoms with Crippen molar-refractivity contribution in [2.75, 3.05) is 18.1 Å². The van der Waals surface area contributed by atoms with Crippen LogP contribution in [0.2, 0.25) is 0 Å². The van der Waals surface area contributed by atoms with Gasteiger partial charge in [0.1, 0.15) is 0 Å². The zero-order chi connectivity index (χ0) is 23.9. The maximum Gasteiger partial charge on any atom is 0.436 e. The Balaban J connectivity index is 1.39. The second-order valence-electron chi connectivity index (χ2n) is 8.61. The van der Waals surface area contributed by atoms with Gasteiger partial charge in [-0.25, -0.2) is 4.98 Å². The van der Waals surface area contributed by atoms with E-state index in [1.54, 1.807) is 19.1 Å². The topological polar surface area (TPSA) is 48.8 Å². The van der Waals surface area contributed by atoms with Crippen LogP contribution in [0.5, 0.6) is 0 Å². The van der Waals surface area contributed by atoms with Crippen LogP contribution in [-0.4, -0.2) is 40.8 Å². The molecule has 3 aromatic rings. The molecule has 0 aliphatic carbocycles. The third-order valence-electron chi connectivity index (χ3n) is 6.39. The van der Waals surface area contributed by atoms with Crippen molar-refractivity contribution < 1.29 is 18.0 Å². The second-order valence-corrected chi connectivity index (χ2v) is 9.62. The maximum absolute atomic E-state index is 13.9. The van der Waals surface area contributed by atoms with E-state index in [2.05, 4.69) is 22.2 Å². The predicted molar refractivity (Wildman–Crippen MR) is 128 cm³/mol. The molecule has 1 amide bonds. The van der Waals surface area contributed by atoms with Crippen LogP contribution >= 0.6 is 11.3 Å². The van der Waals surface area contributed by atoms with Crippen LogP contribution in [0.15, 0.2) is 71.0 Å². The van der Waals surface area contributed by atoms with Gasteiger partial charge in [0.2, 0.25) is 5.13 Å². The number of hydrogen-bond acceptors (Lipinski definition) is 5. The lowest BCUT2D eigenvalue weighted by atomic mass is 9.89. The molecule has 0 atom stereocenters.